The molecular weight excluding hydrogens is 470 g/mol. The Bertz CT molecular complexity index is 1050. The summed E-state index contributed by atoms with van der Waals surface area (Å²) in [6.07, 6.45) is -8.83. The quantitative estimate of drug-likeness (QED) is 0.570. The molecule has 0 bridgehead atoms. The number of benzene rings is 1. The highest BCUT2D eigenvalue weighted by atomic mass is 19.4. The highest BCUT2D eigenvalue weighted by Crippen LogP contribution is 2.55. The summed E-state index contributed by atoms with van der Waals surface area (Å²) in [5.41, 5.74) is -3.74. The van der Waals surface area contributed by atoms with Crippen molar-refractivity contribution in [2.24, 2.45) is 5.92 Å². The minimum Gasteiger partial charge on any atom is -0.496 e. The van der Waals surface area contributed by atoms with Crippen LogP contribution in [0.4, 0.5) is 32.0 Å². The molecule has 2 aromatic rings. The Balaban J connectivity index is 2.10. The lowest BCUT2D eigenvalue weighted by Crippen LogP contribution is -2.47. The second-order valence-corrected chi connectivity index (χ2v) is 8.03. The number of nitrogens with zero attached hydrogens (tertiary/aromatic N) is 1. The molecule has 1 aliphatic heterocycles. The number of aliphatic hydroxyl groups excluding tert-OH is 1. The van der Waals surface area contributed by atoms with Crippen LogP contribution in [0.15, 0.2) is 30.5 Å². The summed E-state index contributed by atoms with van der Waals surface area (Å²) >= 11 is 0. The molecule has 0 radical (unpaired) electrons. The van der Waals surface area contributed by atoms with Crippen molar-refractivity contribution in [3.05, 3.63) is 53.1 Å². The topological polar surface area (TPSA) is 80.7 Å². The smallest absolute Gasteiger partial charge is 0.417 e. The number of hydrogen-bond donors (Lipinski definition) is 2. The average Bonchev–Trinajstić information content (AvgIpc) is 3.05. The Hall–Kier alpha value is -2.86. The first-order valence-electron chi connectivity index (χ1n) is 10.1. The largest absolute Gasteiger partial charge is 0.496 e. The molecule has 0 spiro atoms. The first kappa shape index (κ1) is 25.8. The molecule has 12 heteroatoms. The van der Waals surface area contributed by atoms with E-state index in [1.807, 2.05) is 0 Å². The zero-order valence-corrected chi connectivity index (χ0v) is 18.3. The number of carbonyl (C=O) groups is 1. The molecule has 1 aromatic heterocycles. The molecule has 34 heavy (non-hydrogen) atoms. The van der Waals surface area contributed by atoms with Gasteiger partial charge in [0.1, 0.15) is 17.7 Å². The van der Waals surface area contributed by atoms with Gasteiger partial charge in [-0.25, -0.2) is 13.2 Å². The van der Waals surface area contributed by atoms with E-state index in [1.165, 1.54) is 25.3 Å². The van der Waals surface area contributed by atoms with Crippen molar-refractivity contribution in [2.75, 3.05) is 12.4 Å². The third kappa shape index (κ3) is 4.43. The van der Waals surface area contributed by atoms with Crippen LogP contribution in [-0.2, 0) is 16.1 Å². The lowest BCUT2D eigenvalue weighted by Gasteiger charge is -2.32. The molecule has 1 saturated heterocycles. The van der Waals surface area contributed by atoms with E-state index < -0.39 is 59.2 Å². The minimum absolute atomic E-state index is 0.108. The molecule has 0 saturated carbocycles. The number of halogens is 6. The average molecular weight is 492 g/mol. The number of anilines is 1. The molecule has 1 amide bonds. The van der Waals surface area contributed by atoms with Crippen LogP contribution in [0.5, 0.6) is 5.75 Å². The zero-order valence-electron chi connectivity index (χ0n) is 18.3. The van der Waals surface area contributed by atoms with E-state index in [0.29, 0.717) is 11.8 Å². The molecule has 6 nitrogen and oxygen atoms in total. The van der Waals surface area contributed by atoms with Gasteiger partial charge in [-0.3, -0.25) is 9.78 Å². The number of aliphatic hydroxyl groups is 1. The maximum Gasteiger partial charge on any atom is 0.417 e. The minimum atomic E-state index is -4.91. The third-order valence-corrected chi connectivity index (χ3v) is 6.14. The Kier molecular flexibility index (Phi) is 7.13. The number of alkyl halides is 5. The number of hydrogen-bond acceptors (Lipinski definition) is 5. The predicted molar refractivity (Wildman–Crippen MR) is 108 cm³/mol. The molecule has 2 N–H and O–H groups in total. The van der Waals surface area contributed by atoms with E-state index in [4.69, 9.17) is 14.6 Å². The van der Waals surface area contributed by atoms with Crippen LogP contribution in [0.25, 0.3) is 0 Å². The maximum absolute atomic E-state index is 14.1. The lowest BCUT2D eigenvalue weighted by molar-refractivity contribution is -0.272. The summed E-state index contributed by atoms with van der Waals surface area (Å²) in [5.74, 6) is -5.79. The molecule has 1 fully saturated rings. The van der Waals surface area contributed by atoms with Crippen molar-refractivity contribution in [3.63, 3.8) is 0 Å². The summed E-state index contributed by atoms with van der Waals surface area (Å²) in [4.78, 5) is 16.9. The van der Waals surface area contributed by atoms with Gasteiger partial charge in [-0.05, 0) is 25.1 Å². The van der Waals surface area contributed by atoms with Crippen LogP contribution in [0.2, 0.25) is 0 Å². The molecule has 3 rings (SSSR count). The third-order valence-electron chi connectivity index (χ3n) is 6.14. The summed E-state index contributed by atoms with van der Waals surface area (Å²) in [6, 6.07) is 4.48. The number of ether oxygens (including phenoxy) is 2. The number of nitrogens with one attached hydrogen (secondary N) is 1. The summed E-state index contributed by atoms with van der Waals surface area (Å²) in [6.45, 7) is 1.58. The van der Waals surface area contributed by atoms with Crippen molar-refractivity contribution in [3.8, 4) is 5.75 Å². The molecular formula is C22H22F6N2O4. The van der Waals surface area contributed by atoms with Crippen molar-refractivity contribution < 1.29 is 45.7 Å². The van der Waals surface area contributed by atoms with Crippen LogP contribution >= 0.6 is 0 Å². The highest BCUT2D eigenvalue weighted by Gasteiger charge is 2.65. The fraction of sp³-hybridized carbons (Fsp3) is 0.455. The van der Waals surface area contributed by atoms with E-state index in [1.54, 1.807) is 0 Å². The molecule has 186 valence electrons. The first-order chi connectivity index (χ1) is 15.9. The van der Waals surface area contributed by atoms with E-state index in [0.717, 1.165) is 20.1 Å². The second-order valence-electron chi connectivity index (χ2n) is 8.03. The van der Waals surface area contributed by atoms with Crippen LogP contribution in [0, 0.1) is 11.7 Å². The van der Waals surface area contributed by atoms with Gasteiger partial charge in [-0.1, -0.05) is 13.0 Å². The first-order valence-corrected chi connectivity index (χ1v) is 10.1. The fourth-order valence-corrected chi connectivity index (χ4v) is 4.11. The Labute approximate surface area is 190 Å². The number of amides is 1. The summed E-state index contributed by atoms with van der Waals surface area (Å²) in [7, 11) is 0.983. The number of rotatable bonds is 6. The van der Waals surface area contributed by atoms with Gasteiger partial charge in [-0.2, -0.15) is 13.2 Å². The Morgan fingerprint density at radius 1 is 1.29 bits per heavy atom. The monoisotopic (exact) mass is 492 g/mol. The summed E-state index contributed by atoms with van der Waals surface area (Å²) < 4.78 is 93.4. The highest BCUT2D eigenvalue weighted by molar-refractivity contribution is 5.95. The molecule has 4 unspecified atom stereocenters. The second kappa shape index (κ2) is 9.41. The number of carbonyl (C=O) groups excluding carboxylic acids is 1. The van der Waals surface area contributed by atoms with Gasteiger partial charge in [0.15, 0.2) is 5.60 Å². The van der Waals surface area contributed by atoms with E-state index >= 15 is 0 Å². The fourth-order valence-electron chi connectivity index (χ4n) is 4.11. The van der Waals surface area contributed by atoms with Gasteiger partial charge >= 0.3 is 6.18 Å². The standard InChI is InChI=1S/C22H22F6N2O4/c1-10-15(13-6-7-14(23)16(19(24)25)17(13)33-3)18(34-21(10,2)22(26,27)28)20(32)30-11-4-5-12(9-31)29-8-11/h4-8,10,15,18-19,31H,9H2,1-3H3,(H,30,32). The van der Waals surface area contributed by atoms with Gasteiger partial charge in [0.2, 0.25) is 0 Å². The molecule has 4 atom stereocenters. The predicted octanol–water partition coefficient (Wildman–Crippen LogP) is 4.74. The lowest BCUT2D eigenvalue weighted by atomic mass is 9.76. The Morgan fingerprint density at radius 3 is 2.47 bits per heavy atom. The van der Waals surface area contributed by atoms with Crippen LogP contribution in [-0.4, -0.2) is 41.0 Å². The number of methoxy groups -OCH3 is 1. The van der Waals surface area contributed by atoms with Gasteiger partial charge < -0.3 is 19.9 Å². The van der Waals surface area contributed by atoms with Crippen LogP contribution < -0.4 is 10.1 Å². The normalized spacial score (nSPS) is 25.0. The van der Waals surface area contributed by atoms with E-state index in [9.17, 15) is 31.1 Å². The molecule has 2 heterocycles. The number of aromatic nitrogens is 1. The van der Waals surface area contributed by atoms with E-state index in [-0.39, 0.29) is 17.9 Å². The molecule has 1 aliphatic rings. The molecule has 1 aromatic carbocycles. The van der Waals surface area contributed by atoms with Crippen molar-refractivity contribution in [2.45, 2.75) is 50.7 Å². The van der Waals surface area contributed by atoms with Crippen molar-refractivity contribution in [1.82, 2.24) is 4.98 Å². The van der Waals surface area contributed by atoms with Crippen LogP contribution in [0.1, 0.15) is 43.0 Å². The van der Waals surface area contributed by atoms with Crippen molar-refractivity contribution >= 4 is 11.6 Å². The van der Waals surface area contributed by atoms with Crippen molar-refractivity contribution in [1.29, 1.82) is 0 Å². The molecule has 0 aliphatic carbocycles. The SMILES string of the molecule is COc1c(C2C(C(=O)Nc3ccc(CO)nc3)OC(C)(C(F)(F)F)C2C)ccc(F)c1C(F)F. The van der Waals surface area contributed by atoms with Gasteiger partial charge in [0.05, 0.1) is 36.9 Å². The van der Waals surface area contributed by atoms with Gasteiger partial charge in [0, 0.05) is 17.4 Å². The zero-order chi connectivity index (χ0) is 25.4. The van der Waals surface area contributed by atoms with Crippen LogP contribution in [0.3, 0.4) is 0 Å². The summed E-state index contributed by atoms with van der Waals surface area (Å²) in [5, 5.41) is 11.5. The van der Waals surface area contributed by atoms with Gasteiger partial charge in [0.25, 0.3) is 12.3 Å². The Morgan fingerprint density at radius 2 is 1.97 bits per heavy atom. The maximum atomic E-state index is 14.1. The van der Waals surface area contributed by atoms with Gasteiger partial charge in [-0.15, -0.1) is 0 Å². The van der Waals surface area contributed by atoms with E-state index in [2.05, 4.69) is 10.3 Å². The number of pyridine rings is 1.